The fourth-order valence-corrected chi connectivity index (χ4v) is 5.31. The number of rotatable bonds is 5. The number of aromatic nitrogens is 3. The van der Waals surface area contributed by atoms with Gasteiger partial charge in [0.1, 0.15) is 29.4 Å². The number of aryl methyl sites for hydroxylation is 1. The Hall–Kier alpha value is -3.99. The van der Waals surface area contributed by atoms with E-state index >= 15 is 0 Å². The highest BCUT2D eigenvalue weighted by Gasteiger charge is 2.31. The Kier molecular flexibility index (Phi) is 7.02. The zero-order valence-corrected chi connectivity index (χ0v) is 23.5. The number of halogens is 1. The molecule has 204 valence electrons. The van der Waals surface area contributed by atoms with Crippen LogP contribution in [0.2, 0.25) is 0 Å². The van der Waals surface area contributed by atoms with Crippen molar-refractivity contribution in [2.45, 2.75) is 39.7 Å². The Bertz CT molecular complexity index is 1520. The molecular formula is C28H31FN6O3S. The van der Waals surface area contributed by atoms with E-state index in [2.05, 4.69) is 0 Å². The van der Waals surface area contributed by atoms with Crippen LogP contribution in [0.1, 0.15) is 33.4 Å². The number of thiazole rings is 1. The Morgan fingerprint density at radius 1 is 1.13 bits per heavy atom. The maximum Gasteiger partial charge on any atom is 0.410 e. The molecule has 0 unspecified atom stereocenters. The number of pyridine rings is 1. The first-order chi connectivity index (χ1) is 18.5. The summed E-state index contributed by atoms with van der Waals surface area (Å²) in [6, 6.07) is 10.0. The lowest BCUT2D eigenvalue weighted by Crippen LogP contribution is -2.53. The van der Waals surface area contributed by atoms with Gasteiger partial charge in [-0.05, 0) is 63.6 Å². The number of anilines is 3. The number of hydrogen-bond donors (Lipinski definition) is 0. The summed E-state index contributed by atoms with van der Waals surface area (Å²) in [5.74, 6) is 0.389. The standard InChI is InChI=1S/C28H31FN6O3S/c1-6-21-25(32(5)26-31-22(17-39-26)18-7-9-19(29)10-8-18)35-15-20(11-12-23(35)30-21)34-14-13-33(16-24(34)36)27(37)38-28(2,3)4/h7-12,15,17H,6,13-14,16H2,1-5H3. The van der Waals surface area contributed by atoms with Gasteiger partial charge in [-0.2, -0.15) is 0 Å². The van der Waals surface area contributed by atoms with Gasteiger partial charge in [0.15, 0.2) is 5.13 Å². The highest BCUT2D eigenvalue weighted by atomic mass is 32.1. The van der Waals surface area contributed by atoms with Gasteiger partial charge in [-0.25, -0.2) is 19.2 Å². The molecule has 1 aliphatic rings. The van der Waals surface area contributed by atoms with Gasteiger partial charge in [0.25, 0.3) is 0 Å². The number of fused-ring (bicyclic) bond motifs is 1. The zero-order valence-electron chi connectivity index (χ0n) is 22.6. The molecule has 4 aromatic rings. The minimum atomic E-state index is -0.625. The van der Waals surface area contributed by atoms with Crippen LogP contribution >= 0.6 is 11.3 Å². The fourth-order valence-electron chi connectivity index (χ4n) is 4.51. The number of carbonyl (C=O) groups excluding carboxylic acids is 2. The summed E-state index contributed by atoms with van der Waals surface area (Å²) < 4.78 is 20.8. The SMILES string of the molecule is CCc1nc2ccc(N3CCN(C(=O)OC(C)(C)C)CC3=O)cn2c1N(C)c1nc(-c2ccc(F)cc2)cs1. The number of piperazine rings is 1. The molecular weight excluding hydrogens is 519 g/mol. The number of benzene rings is 1. The predicted molar refractivity (Wildman–Crippen MR) is 150 cm³/mol. The first-order valence-electron chi connectivity index (χ1n) is 12.8. The summed E-state index contributed by atoms with van der Waals surface area (Å²) in [7, 11) is 1.94. The van der Waals surface area contributed by atoms with Crippen molar-refractivity contribution in [3.05, 3.63) is 59.5 Å². The van der Waals surface area contributed by atoms with Crippen molar-refractivity contribution in [2.75, 3.05) is 36.5 Å². The minimum absolute atomic E-state index is 0.0465. The van der Waals surface area contributed by atoms with E-state index in [1.165, 1.54) is 28.4 Å². The van der Waals surface area contributed by atoms with E-state index in [0.29, 0.717) is 19.5 Å². The lowest BCUT2D eigenvalue weighted by Gasteiger charge is -2.35. The van der Waals surface area contributed by atoms with Crippen LogP contribution < -0.4 is 9.80 Å². The Morgan fingerprint density at radius 2 is 1.87 bits per heavy atom. The normalized spacial score (nSPS) is 14.3. The lowest BCUT2D eigenvalue weighted by molar-refractivity contribution is -0.121. The molecule has 0 saturated carbocycles. The van der Waals surface area contributed by atoms with Crippen LogP contribution in [0.3, 0.4) is 0 Å². The summed E-state index contributed by atoms with van der Waals surface area (Å²) in [5, 5.41) is 2.71. The van der Waals surface area contributed by atoms with Crippen LogP contribution in [0.5, 0.6) is 0 Å². The van der Waals surface area contributed by atoms with Crippen LogP contribution in [-0.4, -0.2) is 63.6 Å². The van der Waals surface area contributed by atoms with Gasteiger partial charge in [-0.3, -0.25) is 14.1 Å². The predicted octanol–water partition coefficient (Wildman–Crippen LogP) is 5.51. The molecule has 0 radical (unpaired) electrons. The van der Waals surface area contributed by atoms with E-state index in [4.69, 9.17) is 14.7 Å². The summed E-state index contributed by atoms with van der Waals surface area (Å²) >= 11 is 1.49. The molecule has 0 spiro atoms. The number of hydrogen-bond acceptors (Lipinski definition) is 7. The third-order valence-corrected chi connectivity index (χ3v) is 7.32. The molecule has 0 bridgehead atoms. The molecule has 2 amide bonds. The van der Waals surface area contributed by atoms with Crippen LogP contribution in [-0.2, 0) is 16.0 Å². The van der Waals surface area contributed by atoms with Crippen molar-refractivity contribution in [3.63, 3.8) is 0 Å². The maximum absolute atomic E-state index is 13.4. The first kappa shape index (κ1) is 26.6. The molecule has 9 nitrogen and oxygen atoms in total. The maximum atomic E-state index is 13.4. The fraction of sp³-hybridized carbons (Fsp3) is 0.357. The molecule has 11 heteroatoms. The second kappa shape index (κ2) is 10.3. The molecule has 1 fully saturated rings. The molecule has 5 rings (SSSR count). The van der Waals surface area contributed by atoms with Gasteiger partial charge in [0, 0.05) is 37.3 Å². The number of nitrogens with zero attached hydrogens (tertiary/aromatic N) is 6. The molecule has 1 aliphatic heterocycles. The van der Waals surface area contributed by atoms with Crippen LogP contribution in [0.15, 0.2) is 48.0 Å². The molecule has 4 heterocycles. The molecule has 39 heavy (non-hydrogen) atoms. The van der Waals surface area contributed by atoms with Gasteiger partial charge >= 0.3 is 6.09 Å². The lowest BCUT2D eigenvalue weighted by atomic mass is 10.2. The minimum Gasteiger partial charge on any atom is -0.444 e. The van der Waals surface area contributed by atoms with Crippen molar-refractivity contribution in [3.8, 4) is 11.3 Å². The largest absolute Gasteiger partial charge is 0.444 e. The average molecular weight is 551 g/mol. The van der Waals surface area contributed by atoms with Crippen molar-refractivity contribution >= 4 is 45.6 Å². The van der Waals surface area contributed by atoms with Crippen molar-refractivity contribution in [1.82, 2.24) is 19.3 Å². The molecule has 1 saturated heterocycles. The highest BCUT2D eigenvalue weighted by Crippen LogP contribution is 2.34. The summed E-state index contributed by atoms with van der Waals surface area (Å²) in [6.45, 7) is 8.15. The first-order valence-corrected chi connectivity index (χ1v) is 13.7. The number of amides is 2. The topological polar surface area (TPSA) is 83.3 Å². The Morgan fingerprint density at radius 3 is 2.54 bits per heavy atom. The monoisotopic (exact) mass is 550 g/mol. The quantitative estimate of drug-likeness (QED) is 0.326. The molecule has 1 aromatic carbocycles. The van der Waals surface area contributed by atoms with Crippen molar-refractivity contribution in [2.24, 2.45) is 0 Å². The van der Waals surface area contributed by atoms with E-state index < -0.39 is 11.7 Å². The molecule has 0 atom stereocenters. The van der Waals surface area contributed by atoms with E-state index in [9.17, 15) is 14.0 Å². The Labute approximate surface area is 230 Å². The van der Waals surface area contributed by atoms with E-state index in [1.807, 2.05) is 47.0 Å². The van der Waals surface area contributed by atoms with Gasteiger partial charge < -0.3 is 14.5 Å². The molecule has 3 aromatic heterocycles. The average Bonchev–Trinajstić information content (AvgIpc) is 3.52. The van der Waals surface area contributed by atoms with Crippen molar-refractivity contribution in [1.29, 1.82) is 0 Å². The summed E-state index contributed by atoms with van der Waals surface area (Å²) in [5.41, 5.74) is 3.36. The van der Waals surface area contributed by atoms with Crippen molar-refractivity contribution < 1.29 is 18.7 Å². The number of imidazole rings is 1. The Balaban J connectivity index is 1.42. The van der Waals surface area contributed by atoms with Gasteiger partial charge in [0.2, 0.25) is 5.91 Å². The molecule has 0 aliphatic carbocycles. The number of ether oxygens (including phenoxy) is 1. The highest BCUT2D eigenvalue weighted by molar-refractivity contribution is 7.14. The third-order valence-electron chi connectivity index (χ3n) is 6.40. The van der Waals surface area contributed by atoms with Gasteiger partial charge in [-0.1, -0.05) is 6.92 Å². The zero-order chi connectivity index (χ0) is 27.9. The van der Waals surface area contributed by atoms with E-state index in [0.717, 1.165) is 39.2 Å². The van der Waals surface area contributed by atoms with E-state index in [-0.39, 0.29) is 18.3 Å². The van der Waals surface area contributed by atoms with Gasteiger partial charge in [0.05, 0.1) is 17.1 Å². The van der Waals surface area contributed by atoms with Gasteiger partial charge in [-0.15, -0.1) is 11.3 Å². The number of carbonyl (C=O) groups is 2. The second-order valence-corrected chi connectivity index (χ2v) is 11.2. The third kappa shape index (κ3) is 5.44. The summed E-state index contributed by atoms with van der Waals surface area (Å²) in [6.07, 6.45) is 2.13. The van der Waals surface area contributed by atoms with Crippen LogP contribution in [0, 0.1) is 5.82 Å². The smallest absolute Gasteiger partial charge is 0.410 e. The molecule has 0 N–H and O–H groups in total. The summed E-state index contributed by atoms with van der Waals surface area (Å²) in [4.78, 5) is 40.3. The second-order valence-electron chi connectivity index (χ2n) is 10.4. The van der Waals surface area contributed by atoms with Crippen LogP contribution in [0.25, 0.3) is 16.9 Å². The van der Waals surface area contributed by atoms with Crippen LogP contribution in [0.4, 0.5) is 25.8 Å². The van der Waals surface area contributed by atoms with E-state index in [1.54, 1.807) is 37.8 Å².